The molecule has 22 heavy (non-hydrogen) atoms. The maximum Gasteiger partial charge on any atom is 0.262 e. The number of ether oxygens (including phenoxy) is 2. The number of hydrogen-bond donors (Lipinski definition) is 0. The van der Waals surface area contributed by atoms with Crippen LogP contribution in [0.25, 0.3) is 0 Å². The smallest absolute Gasteiger partial charge is 0.262 e. The van der Waals surface area contributed by atoms with Gasteiger partial charge in [-0.3, -0.25) is 4.79 Å². The Labute approximate surface area is 130 Å². The van der Waals surface area contributed by atoms with Crippen LogP contribution in [-0.2, 0) is 6.61 Å². The Morgan fingerprint density at radius 1 is 1.00 bits per heavy atom. The SMILES string of the molecule is CC(Oc1ccccc(OCc2ccccc2)c1=O)C1CC1. The highest BCUT2D eigenvalue weighted by atomic mass is 16.5. The van der Waals surface area contributed by atoms with E-state index in [1.54, 1.807) is 18.2 Å². The molecular weight excluding hydrogens is 276 g/mol. The van der Waals surface area contributed by atoms with Crippen LogP contribution in [0.2, 0.25) is 0 Å². The van der Waals surface area contributed by atoms with Crippen LogP contribution >= 0.6 is 0 Å². The molecule has 1 aliphatic carbocycles. The molecule has 0 N–H and O–H groups in total. The van der Waals surface area contributed by atoms with Gasteiger partial charge in [0.2, 0.25) is 0 Å². The lowest BCUT2D eigenvalue weighted by atomic mass is 10.2. The molecule has 2 aromatic rings. The zero-order valence-corrected chi connectivity index (χ0v) is 12.7. The van der Waals surface area contributed by atoms with Crippen LogP contribution in [0.15, 0.2) is 59.4 Å². The van der Waals surface area contributed by atoms with Gasteiger partial charge in [0.05, 0.1) is 6.10 Å². The van der Waals surface area contributed by atoms with Gasteiger partial charge in [0.25, 0.3) is 5.43 Å². The summed E-state index contributed by atoms with van der Waals surface area (Å²) in [5.41, 5.74) is 0.843. The predicted molar refractivity (Wildman–Crippen MR) is 86.3 cm³/mol. The highest BCUT2D eigenvalue weighted by Crippen LogP contribution is 2.34. The van der Waals surface area contributed by atoms with Crippen molar-refractivity contribution in [3.8, 4) is 11.5 Å². The van der Waals surface area contributed by atoms with Crippen molar-refractivity contribution in [2.75, 3.05) is 0 Å². The van der Waals surface area contributed by atoms with E-state index in [2.05, 4.69) is 0 Å². The molecule has 3 rings (SSSR count). The lowest BCUT2D eigenvalue weighted by molar-refractivity contribution is 0.195. The molecule has 1 unspecified atom stereocenters. The topological polar surface area (TPSA) is 35.5 Å². The fourth-order valence-corrected chi connectivity index (χ4v) is 2.36. The molecule has 0 spiro atoms. The fraction of sp³-hybridized carbons (Fsp3) is 0.316. The first-order valence-corrected chi connectivity index (χ1v) is 7.71. The van der Waals surface area contributed by atoms with Gasteiger partial charge in [-0.15, -0.1) is 0 Å². The first-order valence-electron chi connectivity index (χ1n) is 7.71. The Morgan fingerprint density at radius 3 is 2.32 bits per heavy atom. The molecule has 3 nitrogen and oxygen atoms in total. The average Bonchev–Trinajstić information content (AvgIpc) is 3.38. The summed E-state index contributed by atoms with van der Waals surface area (Å²) in [6.07, 6.45) is 2.45. The Hall–Kier alpha value is -2.29. The number of rotatable bonds is 6. The maximum atomic E-state index is 12.5. The average molecular weight is 296 g/mol. The molecule has 1 atom stereocenters. The molecule has 0 heterocycles. The highest BCUT2D eigenvalue weighted by Gasteiger charge is 2.29. The van der Waals surface area contributed by atoms with Gasteiger partial charge < -0.3 is 9.47 Å². The van der Waals surface area contributed by atoms with Crippen LogP contribution in [0.3, 0.4) is 0 Å². The summed E-state index contributed by atoms with van der Waals surface area (Å²) in [5.74, 6) is 1.28. The molecule has 0 amide bonds. The van der Waals surface area contributed by atoms with E-state index in [9.17, 15) is 4.79 Å². The Kier molecular flexibility index (Phi) is 4.42. The highest BCUT2D eigenvalue weighted by molar-refractivity contribution is 5.32. The summed E-state index contributed by atoms with van der Waals surface area (Å²) >= 11 is 0. The first-order chi connectivity index (χ1) is 10.7. The third kappa shape index (κ3) is 3.67. The molecule has 1 saturated carbocycles. The third-order valence-corrected chi connectivity index (χ3v) is 3.89. The van der Waals surface area contributed by atoms with Crippen LogP contribution in [0, 0.1) is 5.92 Å². The standard InChI is InChI=1S/C19H20O3/c1-14(16-11-12-16)22-18-10-6-5-9-17(19(18)20)21-13-15-7-3-2-4-8-15/h2-10,14,16H,11-13H2,1H3. The fourth-order valence-electron chi connectivity index (χ4n) is 2.36. The third-order valence-electron chi connectivity index (χ3n) is 3.89. The lowest BCUT2D eigenvalue weighted by Crippen LogP contribution is -2.18. The summed E-state index contributed by atoms with van der Waals surface area (Å²) in [6, 6.07) is 16.8. The zero-order chi connectivity index (χ0) is 15.4. The van der Waals surface area contributed by atoms with Crippen molar-refractivity contribution in [1.82, 2.24) is 0 Å². The molecule has 3 heteroatoms. The van der Waals surface area contributed by atoms with Crippen molar-refractivity contribution in [1.29, 1.82) is 0 Å². The minimum Gasteiger partial charge on any atom is -0.486 e. The lowest BCUT2D eigenvalue weighted by Gasteiger charge is -2.12. The van der Waals surface area contributed by atoms with Gasteiger partial charge in [-0.25, -0.2) is 0 Å². The molecule has 0 aliphatic heterocycles. The quantitative estimate of drug-likeness (QED) is 0.813. The molecule has 0 aromatic heterocycles. The molecule has 0 saturated heterocycles. The van der Waals surface area contributed by atoms with E-state index in [1.807, 2.05) is 43.3 Å². The van der Waals surface area contributed by atoms with Gasteiger partial charge in [0, 0.05) is 0 Å². The van der Waals surface area contributed by atoms with Crippen LogP contribution in [-0.4, -0.2) is 6.10 Å². The molecule has 0 bridgehead atoms. The Balaban J connectivity index is 1.76. The second kappa shape index (κ2) is 6.65. The zero-order valence-electron chi connectivity index (χ0n) is 12.7. The van der Waals surface area contributed by atoms with Crippen molar-refractivity contribution >= 4 is 0 Å². The molecule has 0 radical (unpaired) electrons. The van der Waals surface area contributed by atoms with Gasteiger partial charge >= 0.3 is 0 Å². The van der Waals surface area contributed by atoms with E-state index in [0.717, 1.165) is 5.56 Å². The molecule has 1 fully saturated rings. The van der Waals surface area contributed by atoms with Crippen LogP contribution in [0.5, 0.6) is 11.5 Å². The largest absolute Gasteiger partial charge is 0.486 e. The second-order valence-corrected chi connectivity index (χ2v) is 5.71. The van der Waals surface area contributed by atoms with Crippen LogP contribution in [0.1, 0.15) is 25.3 Å². The van der Waals surface area contributed by atoms with Gasteiger partial charge in [-0.05, 0) is 43.4 Å². The van der Waals surface area contributed by atoms with Crippen LogP contribution in [0.4, 0.5) is 0 Å². The second-order valence-electron chi connectivity index (χ2n) is 5.71. The number of hydrogen-bond acceptors (Lipinski definition) is 3. The summed E-state index contributed by atoms with van der Waals surface area (Å²) in [5, 5.41) is 0. The Bertz CT molecular complexity index is 678. The summed E-state index contributed by atoms with van der Waals surface area (Å²) in [6.45, 7) is 2.40. The maximum absolute atomic E-state index is 12.5. The predicted octanol–water partition coefficient (Wildman–Crippen LogP) is 3.80. The van der Waals surface area contributed by atoms with Crippen molar-refractivity contribution < 1.29 is 9.47 Å². The van der Waals surface area contributed by atoms with E-state index in [1.165, 1.54) is 12.8 Å². The normalized spacial score (nSPS) is 15.1. The van der Waals surface area contributed by atoms with Crippen molar-refractivity contribution in [3.05, 3.63) is 70.4 Å². The summed E-state index contributed by atoms with van der Waals surface area (Å²) in [4.78, 5) is 12.5. The summed E-state index contributed by atoms with van der Waals surface area (Å²) < 4.78 is 11.5. The first kappa shape index (κ1) is 14.6. The van der Waals surface area contributed by atoms with E-state index >= 15 is 0 Å². The van der Waals surface area contributed by atoms with Crippen molar-refractivity contribution in [2.45, 2.75) is 32.5 Å². The molecule has 1 aliphatic rings. The van der Waals surface area contributed by atoms with E-state index < -0.39 is 0 Å². The van der Waals surface area contributed by atoms with Crippen molar-refractivity contribution in [2.24, 2.45) is 5.92 Å². The minimum atomic E-state index is -0.187. The Morgan fingerprint density at radius 2 is 1.64 bits per heavy atom. The van der Waals surface area contributed by atoms with Gasteiger partial charge in [0.15, 0.2) is 11.5 Å². The van der Waals surface area contributed by atoms with Gasteiger partial charge in [0.1, 0.15) is 6.61 Å². The van der Waals surface area contributed by atoms with Crippen LogP contribution < -0.4 is 14.9 Å². The van der Waals surface area contributed by atoms with E-state index in [-0.39, 0.29) is 11.5 Å². The molecular formula is C19H20O3. The van der Waals surface area contributed by atoms with Gasteiger partial charge in [-0.1, -0.05) is 42.5 Å². The van der Waals surface area contributed by atoms with E-state index in [0.29, 0.717) is 24.0 Å². The molecule has 114 valence electrons. The van der Waals surface area contributed by atoms with E-state index in [4.69, 9.17) is 9.47 Å². The van der Waals surface area contributed by atoms with Crippen molar-refractivity contribution in [3.63, 3.8) is 0 Å². The van der Waals surface area contributed by atoms with Gasteiger partial charge in [-0.2, -0.15) is 0 Å². The molecule has 2 aromatic carbocycles. The minimum absolute atomic E-state index is 0.0806. The summed E-state index contributed by atoms with van der Waals surface area (Å²) in [7, 11) is 0. The number of benzene rings is 1. The monoisotopic (exact) mass is 296 g/mol.